The third-order valence-corrected chi connectivity index (χ3v) is 4.60. The number of benzene rings is 2. The molecular formula is C18H12ClF3N2OS. The number of hydrogen-bond donors (Lipinski definition) is 1. The summed E-state index contributed by atoms with van der Waals surface area (Å²) in [5, 5.41) is 0.648. The number of aryl methyl sites for hydroxylation is 1. The topological polar surface area (TPSA) is 45.8 Å². The molecule has 1 N–H and O–H groups in total. The van der Waals surface area contributed by atoms with Crippen LogP contribution in [0.2, 0.25) is 0 Å². The van der Waals surface area contributed by atoms with E-state index in [1.54, 1.807) is 12.1 Å². The zero-order valence-electron chi connectivity index (χ0n) is 13.4. The van der Waals surface area contributed by atoms with Crippen molar-refractivity contribution in [2.75, 3.05) is 0 Å². The van der Waals surface area contributed by atoms with Crippen molar-refractivity contribution in [3.8, 4) is 0 Å². The monoisotopic (exact) mass is 396 g/mol. The molecule has 8 heteroatoms. The Balaban J connectivity index is 1.94. The second-order valence-corrected chi connectivity index (χ2v) is 7.04. The van der Waals surface area contributed by atoms with Crippen LogP contribution >= 0.6 is 23.4 Å². The maximum absolute atomic E-state index is 12.4. The number of para-hydroxylation sites is 1. The summed E-state index contributed by atoms with van der Waals surface area (Å²) < 4.78 is 37.1. The molecule has 3 rings (SSSR count). The van der Waals surface area contributed by atoms with Crippen LogP contribution in [0.3, 0.4) is 0 Å². The molecule has 0 radical (unpaired) electrons. The van der Waals surface area contributed by atoms with Crippen molar-refractivity contribution in [2.45, 2.75) is 17.3 Å². The number of alkyl halides is 3. The predicted molar refractivity (Wildman–Crippen MR) is 99.2 cm³/mol. The Morgan fingerprint density at radius 2 is 1.88 bits per heavy atom. The molecule has 0 amide bonds. The Kier molecular flexibility index (Phi) is 5.11. The fraction of sp³-hybridized carbons (Fsp3) is 0.111. The summed E-state index contributed by atoms with van der Waals surface area (Å²) in [4.78, 5) is 19.3. The van der Waals surface area contributed by atoms with Gasteiger partial charge in [0.25, 0.3) is 5.56 Å². The van der Waals surface area contributed by atoms with E-state index in [2.05, 4.69) is 9.97 Å². The van der Waals surface area contributed by atoms with E-state index in [1.165, 1.54) is 30.3 Å². The molecule has 0 fully saturated rings. The smallest absolute Gasteiger partial charge is 0.305 e. The maximum atomic E-state index is 12.4. The van der Waals surface area contributed by atoms with Gasteiger partial charge in [-0.05, 0) is 54.1 Å². The SMILES string of the molecule is Cc1cccc2c(=O)[nH]c(/C(Cl)=C/c3ccc(SC(F)(F)F)cc3)nc12. The number of aromatic amines is 1. The first-order valence-electron chi connectivity index (χ1n) is 7.46. The molecular weight excluding hydrogens is 385 g/mol. The first kappa shape index (κ1) is 18.5. The summed E-state index contributed by atoms with van der Waals surface area (Å²) in [7, 11) is 0. The van der Waals surface area contributed by atoms with Crippen LogP contribution in [0.25, 0.3) is 22.0 Å². The second kappa shape index (κ2) is 7.17. The molecule has 2 aromatic carbocycles. The summed E-state index contributed by atoms with van der Waals surface area (Å²) in [5.41, 5.74) is -2.66. The minimum atomic E-state index is -4.33. The van der Waals surface area contributed by atoms with Crippen LogP contribution in [0, 0.1) is 6.92 Å². The van der Waals surface area contributed by atoms with Gasteiger partial charge in [-0.1, -0.05) is 35.9 Å². The molecule has 0 saturated heterocycles. The fourth-order valence-electron chi connectivity index (χ4n) is 2.40. The first-order chi connectivity index (χ1) is 12.2. The van der Waals surface area contributed by atoms with Gasteiger partial charge in [-0.25, -0.2) is 4.98 Å². The molecule has 0 atom stereocenters. The molecule has 0 aliphatic heterocycles. The van der Waals surface area contributed by atoms with Gasteiger partial charge in [0.05, 0.1) is 15.9 Å². The quantitative estimate of drug-likeness (QED) is 0.588. The van der Waals surface area contributed by atoms with Gasteiger partial charge < -0.3 is 4.98 Å². The standard InChI is InChI=1S/C18H12ClF3N2OS/c1-10-3-2-4-13-15(10)23-16(24-17(13)25)14(19)9-11-5-7-12(8-6-11)26-18(20,21)22/h2-9H,1H3,(H,23,24,25)/b14-9-. The van der Waals surface area contributed by atoms with Crippen molar-refractivity contribution in [2.24, 2.45) is 0 Å². The van der Waals surface area contributed by atoms with Gasteiger partial charge in [-0.2, -0.15) is 13.2 Å². The van der Waals surface area contributed by atoms with E-state index in [0.29, 0.717) is 16.5 Å². The van der Waals surface area contributed by atoms with E-state index in [9.17, 15) is 18.0 Å². The third kappa shape index (κ3) is 4.28. The largest absolute Gasteiger partial charge is 0.446 e. The van der Waals surface area contributed by atoms with E-state index in [0.717, 1.165) is 5.56 Å². The van der Waals surface area contributed by atoms with Gasteiger partial charge in [0.15, 0.2) is 5.82 Å². The number of hydrogen-bond acceptors (Lipinski definition) is 3. The van der Waals surface area contributed by atoms with Gasteiger partial charge in [-0.15, -0.1) is 0 Å². The molecule has 1 aromatic heterocycles. The summed E-state index contributed by atoms with van der Waals surface area (Å²) in [5.74, 6) is 0.201. The fourth-order valence-corrected chi connectivity index (χ4v) is 3.15. The van der Waals surface area contributed by atoms with Crippen molar-refractivity contribution in [3.63, 3.8) is 0 Å². The number of thioether (sulfide) groups is 1. The highest BCUT2D eigenvalue weighted by atomic mass is 35.5. The molecule has 0 aliphatic rings. The summed E-state index contributed by atoms with van der Waals surface area (Å²) in [6.07, 6.45) is 1.53. The third-order valence-electron chi connectivity index (χ3n) is 3.57. The average molecular weight is 397 g/mol. The number of rotatable bonds is 3. The average Bonchev–Trinajstić information content (AvgIpc) is 2.56. The van der Waals surface area contributed by atoms with Crippen LogP contribution < -0.4 is 5.56 Å². The van der Waals surface area contributed by atoms with Gasteiger partial charge in [0.2, 0.25) is 0 Å². The summed E-state index contributed by atoms with van der Waals surface area (Å²) >= 11 is 6.07. The highest BCUT2D eigenvalue weighted by Gasteiger charge is 2.28. The molecule has 134 valence electrons. The molecule has 0 saturated carbocycles. The molecule has 0 spiro atoms. The molecule has 26 heavy (non-hydrogen) atoms. The van der Waals surface area contributed by atoms with E-state index in [1.807, 2.05) is 13.0 Å². The molecule has 0 bridgehead atoms. The maximum Gasteiger partial charge on any atom is 0.446 e. The Morgan fingerprint density at radius 1 is 1.19 bits per heavy atom. The van der Waals surface area contributed by atoms with Crippen molar-refractivity contribution in [1.82, 2.24) is 9.97 Å². The van der Waals surface area contributed by atoms with E-state index >= 15 is 0 Å². The Morgan fingerprint density at radius 3 is 2.54 bits per heavy atom. The van der Waals surface area contributed by atoms with Crippen LogP contribution in [0.1, 0.15) is 17.0 Å². The molecule has 0 aliphatic carbocycles. The zero-order valence-corrected chi connectivity index (χ0v) is 15.0. The Labute approximate surface area is 155 Å². The highest BCUT2D eigenvalue weighted by molar-refractivity contribution is 8.00. The van der Waals surface area contributed by atoms with Gasteiger partial charge in [0.1, 0.15) is 0 Å². The number of H-pyrrole nitrogens is 1. The number of nitrogens with zero attached hydrogens (tertiary/aromatic N) is 1. The Hall–Kier alpha value is -2.25. The van der Waals surface area contributed by atoms with Crippen LogP contribution in [0.4, 0.5) is 13.2 Å². The van der Waals surface area contributed by atoms with Gasteiger partial charge >= 0.3 is 5.51 Å². The second-order valence-electron chi connectivity index (χ2n) is 5.49. The van der Waals surface area contributed by atoms with Crippen LogP contribution in [-0.4, -0.2) is 15.5 Å². The lowest BCUT2D eigenvalue weighted by atomic mass is 10.1. The Bertz CT molecular complexity index is 1040. The summed E-state index contributed by atoms with van der Waals surface area (Å²) in [6.45, 7) is 1.84. The molecule has 3 nitrogen and oxygen atoms in total. The lowest BCUT2D eigenvalue weighted by molar-refractivity contribution is -0.0328. The zero-order chi connectivity index (χ0) is 18.9. The number of nitrogens with one attached hydrogen (secondary N) is 1. The van der Waals surface area contributed by atoms with Crippen molar-refractivity contribution in [1.29, 1.82) is 0 Å². The van der Waals surface area contributed by atoms with Crippen molar-refractivity contribution >= 4 is 45.4 Å². The molecule has 1 heterocycles. The van der Waals surface area contributed by atoms with Crippen LogP contribution in [0.15, 0.2) is 52.2 Å². The van der Waals surface area contributed by atoms with Crippen LogP contribution in [-0.2, 0) is 0 Å². The minimum Gasteiger partial charge on any atom is -0.305 e. The van der Waals surface area contributed by atoms with Gasteiger partial charge in [-0.3, -0.25) is 4.79 Å². The lowest BCUT2D eigenvalue weighted by Gasteiger charge is -2.06. The summed E-state index contributed by atoms with van der Waals surface area (Å²) in [6, 6.07) is 11.0. The van der Waals surface area contributed by atoms with Crippen molar-refractivity contribution in [3.05, 3.63) is 69.8 Å². The number of halogens is 4. The predicted octanol–water partition coefficient (Wildman–Crippen LogP) is 5.58. The molecule has 0 unspecified atom stereocenters. The highest BCUT2D eigenvalue weighted by Crippen LogP contribution is 2.36. The number of aromatic nitrogens is 2. The minimum absolute atomic E-state index is 0.0821. The van der Waals surface area contributed by atoms with E-state index in [4.69, 9.17) is 11.6 Å². The van der Waals surface area contributed by atoms with Crippen molar-refractivity contribution < 1.29 is 13.2 Å². The lowest BCUT2D eigenvalue weighted by Crippen LogP contribution is -2.11. The van der Waals surface area contributed by atoms with Crippen LogP contribution in [0.5, 0.6) is 0 Å². The van der Waals surface area contributed by atoms with E-state index < -0.39 is 5.51 Å². The number of fused-ring (bicyclic) bond motifs is 1. The van der Waals surface area contributed by atoms with E-state index in [-0.39, 0.29) is 33.1 Å². The molecule has 3 aromatic rings. The first-order valence-corrected chi connectivity index (χ1v) is 8.65. The normalized spacial score (nSPS) is 12.6. The van der Waals surface area contributed by atoms with Gasteiger partial charge in [0, 0.05) is 4.90 Å².